The molecule has 0 amide bonds. The summed E-state index contributed by atoms with van der Waals surface area (Å²) in [5, 5.41) is 25.2. The van der Waals surface area contributed by atoms with Crippen LogP contribution in [-0.4, -0.2) is 67.7 Å². The van der Waals surface area contributed by atoms with Crippen molar-refractivity contribution in [2.75, 3.05) is 60.4 Å². The second-order valence-electron chi connectivity index (χ2n) is 39.5. The third-order valence-electron chi connectivity index (χ3n) is 26.7. The van der Waals surface area contributed by atoms with Gasteiger partial charge in [0.2, 0.25) is 0 Å². The van der Waals surface area contributed by atoms with Crippen LogP contribution in [0.5, 0.6) is 0 Å². The van der Waals surface area contributed by atoms with E-state index in [1.54, 1.807) is 14.7 Å². The molecule has 0 spiro atoms. The molecule has 0 rings (SSSR count). The van der Waals surface area contributed by atoms with Crippen molar-refractivity contribution in [3.8, 4) is 0 Å². The summed E-state index contributed by atoms with van der Waals surface area (Å²) in [6.45, 7) is 22.2. The summed E-state index contributed by atoms with van der Waals surface area (Å²) < 4.78 is 0. The first-order chi connectivity index (χ1) is 58.2. The molecule has 0 aliphatic carbocycles. The standard InChI is InChI=1S/3C37H77N.BO3/c3*1-4-6-8-10-12-14-16-18-20-22-24-26-28-30-32-34-36-38(3)37-35-33-31-29-27-25-23-21-19-17-15-13-11-9-7-5-2;2-1(3)4/h3*4-37H2,1-3H3;/q;;;-3/p+3. The van der Waals surface area contributed by atoms with Gasteiger partial charge in [0.1, 0.15) is 0 Å². The molecule has 0 aromatic heterocycles. The number of nitrogens with one attached hydrogen (secondary N) is 3. The fourth-order valence-electron chi connectivity index (χ4n) is 18.2. The Morgan fingerprint density at radius 2 is 0.161 bits per heavy atom. The topological polar surface area (TPSA) is 82.5 Å². The van der Waals surface area contributed by atoms with E-state index in [1.807, 2.05) is 0 Å². The molecule has 0 atom stereocenters. The van der Waals surface area contributed by atoms with E-state index in [9.17, 15) is 0 Å². The highest BCUT2D eigenvalue weighted by molar-refractivity contribution is 6.24. The Bertz CT molecular complexity index is 1320. The summed E-state index contributed by atoms with van der Waals surface area (Å²) >= 11 is 0. The molecule has 3 N–H and O–H groups in total. The van der Waals surface area contributed by atoms with E-state index < -0.39 is 7.32 Å². The molecule has 0 aromatic carbocycles. The molecular weight excluding hydrogens is 1430 g/mol. The molecule has 0 saturated heterocycles. The first kappa shape index (κ1) is 124. The summed E-state index contributed by atoms with van der Waals surface area (Å²) in [6, 6.07) is 0. The number of hydrogen-bond donors (Lipinski definition) is 3. The maximum atomic E-state index is 8.42. The Kier molecular flexibility index (Phi) is 127. The van der Waals surface area contributed by atoms with Crippen LogP contribution in [0.2, 0.25) is 0 Å². The van der Waals surface area contributed by atoms with Crippen molar-refractivity contribution >= 4 is 7.32 Å². The number of rotatable bonds is 102. The lowest BCUT2D eigenvalue weighted by molar-refractivity contribution is -0.880. The number of quaternary nitrogens is 3. The normalized spacial score (nSPS) is 11.5. The molecule has 0 aromatic rings. The number of hydrogen-bond acceptors (Lipinski definition) is 3. The zero-order valence-corrected chi connectivity index (χ0v) is 84.4. The van der Waals surface area contributed by atoms with Gasteiger partial charge in [-0.05, 0) is 77.0 Å². The van der Waals surface area contributed by atoms with Gasteiger partial charge in [0.25, 0.3) is 0 Å². The van der Waals surface area contributed by atoms with Gasteiger partial charge in [0.15, 0.2) is 0 Å². The second-order valence-corrected chi connectivity index (χ2v) is 39.5. The van der Waals surface area contributed by atoms with Crippen LogP contribution < -0.4 is 29.8 Å². The average molecular weight is 1670 g/mol. The zero-order chi connectivity index (χ0) is 86.4. The van der Waals surface area contributed by atoms with Crippen LogP contribution in [-0.2, 0) is 0 Å². The Hall–Kier alpha value is -0.175. The third-order valence-corrected chi connectivity index (χ3v) is 26.7. The summed E-state index contributed by atoms with van der Waals surface area (Å²) in [7, 11) is 4.36. The van der Waals surface area contributed by atoms with E-state index in [2.05, 4.69) is 62.7 Å². The molecule has 7 heteroatoms. The van der Waals surface area contributed by atoms with E-state index in [-0.39, 0.29) is 0 Å². The number of unbranched alkanes of at least 4 members (excludes halogenated alkanes) is 90. The lowest BCUT2D eigenvalue weighted by Crippen LogP contribution is -3.09. The molecule has 0 unspecified atom stereocenters. The van der Waals surface area contributed by atoms with Crippen molar-refractivity contribution in [1.29, 1.82) is 0 Å². The molecule has 0 radical (unpaired) electrons. The predicted octanol–water partition coefficient (Wildman–Crippen LogP) is 32.1. The fraction of sp³-hybridized carbons (Fsp3) is 1.00. The first-order valence-electron chi connectivity index (χ1n) is 56.6. The van der Waals surface area contributed by atoms with Crippen molar-refractivity contribution in [3.05, 3.63) is 0 Å². The van der Waals surface area contributed by atoms with Gasteiger partial charge in [-0.25, -0.2) is 0 Å². The summed E-state index contributed by atoms with van der Waals surface area (Å²) in [4.78, 5) is 5.34. The van der Waals surface area contributed by atoms with Gasteiger partial charge >= 0.3 is 0 Å². The molecule has 714 valence electrons. The third kappa shape index (κ3) is 131. The van der Waals surface area contributed by atoms with Crippen molar-refractivity contribution in [1.82, 2.24) is 0 Å². The molecule has 0 aliphatic rings. The lowest BCUT2D eigenvalue weighted by atomic mass is 10.0. The largest absolute Gasteiger partial charge is 0.907 e. The van der Waals surface area contributed by atoms with Crippen molar-refractivity contribution in [3.63, 3.8) is 0 Å². The average Bonchev–Trinajstić information content (AvgIpc) is 1.11. The lowest BCUT2D eigenvalue weighted by Gasteiger charge is -2.35. The highest BCUT2D eigenvalue weighted by Crippen LogP contribution is 2.21. The maximum absolute atomic E-state index is 8.42. The summed E-state index contributed by atoms with van der Waals surface area (Å²) in [5.74, 6) is 0. The molecule has 118 heavy (non-hydrogen) atoms. The first-order valence-corrected chi connectivity index (χ1v) is 56.6. The Labute approximate surface area is 750 Å². The Morgan fingerprint density at radius 3 is 0.220 bits per heavy atom. The van der Waals surface area contributed by atoms with Crippen LogP contribution in [0.4, 0.5) is 0 Å². The minimum atomic E-state index is -2.92. The van der Waals surface area contributed by atoms with Gasteiger partial charge in [-0.2, -0.15) is 0 Å². The Balaban J connectivity index is -0.000000806. The molecule has 0 aliphatic heterocycles. The predicted molar refractivity (Wildman–Crippen MR) is 533 cm³/mol. The van der Waals surface area contributed by atoms with Crippen LogP contribution in [0.1, 0.15) is 658 Å². The van der Waals surface area contributed by atoms with Gasteiger partial charge < -0.3 is 29.8 Å². The molecular formula is C111H234BN3O3. The minimum absolute atomic E-state index is 1.37. The minimum Gasteiger partial charge on any atom is -0.907 e. The maximum Gasteiger partial charge on any atom is 0.0768 e. The molecule has 0 bridgehead atoms. The molecule has 0 saturated carbocycles. The van der Waals surface area contributed by atoms with Crippen molar-refractivity contribution < 1.29 is 29.8 Å². The second kappa shape index (κ2) is 121. The summed E-state index contributed by atoms with van der Waals surface area (Å²) in [6.07, 6.45) is 141. The van der Waals surface area contributed by atoms with E-state index >= 15 is 0 Å². The highest BCUT2D eigenvalue weighted by atomic mass is 16.5. The van der Waals surface area contributed by atoms with Crippen LogP contribution in [0.25, 0.3) is 0 Å². The Morgan fingerprint density at radius 1 is 0.110 bits per heavy atom. The molecule has 6 nitrogen and oxygen atoms in total. The van der Waals surface area contributed by atoms with Crippen molar-refractivity contribution in [2.24, 2.45) is 0 Å². The van der Waals surface area contributed by atoms with Gasteiger partial charge in [-0.1, -0.05) is 581 Å². The quantitative estimate of drug-likeness (QED) is 0.0419. The highest BCUT2D eigenvalue weighted by Gasteiger charge is 2.08. The van der Waals surface area contributed by atoms with Crippen LogP contribution >= 0.6 is 0 Å². The molecule has 0 heterocycles. The van der Waals surface area contributed by atoms with E-state index in [0.29, 0.717) is 0 Å². The van der Waals surface area contributed by atoms with Crippen molar-refractivity contribution in [2.45, 2.75) is 658 Å². The fourth-order valence-corrected chi connectivity index (χ4v) is 18.2. The monoisotopic (exact) mass is 1670 g/mol. The van der Waals surface area contributed by atoms with Gasteiger partial charge in [0, 0.05) is 0 Å². The van der Waals surface area contributed by atoms with Gasteiger partial charge in [-0.15, -0.1) is 0 Å². The van der Waals surface area contributed by atoms with Gasteiger partial charge in [0.05, 0.1) is 60.4 Å². The smallest absolute Gasteiger partial charge is 0.0768 e. The molecule has 0 fully saturated rings. The SMILES string of the molecule is CCCCCCCCCCCCCCCCCC[NH+](C)CCCCCCCCCCCCCCCCCC.CCCCCCCCCCCCCCCCCC[NH+](C)CCCCCCCCCCCCCCCCCC.CCCCCCCCCCCCCCCCCC[NH+](C)CCCCCCCCCCCCCCCCCC.[O-]B([O-])[O-]. The zero-order valence-electron chi connectivity index (χ0n) is 84.4. The van der Waals surface area contributed by atoms with E-state index in [1.165, 1.54) is 656 Å². The van der Waals surface area contributed by atoms with Gasteiger partial charge in [-0.3, -0.25) is 7.32 Å². The summed E-state index contributed by atoms with van der Waals surface area (Å²) in [5.41, 5.74) is 0. The van der Waals surface area contributed by atoms with E-state index in [0.717, 1.165) is 0 Å². The van der Waals surface area contributed by atoms with Crippen LogP contribution in [0, 0.1) is 0 Å². The van der Waals surface area contributed by atoms with Crippen LogP contribution in [0.3, 0.4) is 0 Å². The van der Waals surface area contributed by atoms with Crippen LogP contribution in [0.15, 0.2) is 0 Å². The van der Waals surface area contributed by atoms with E-state index in [4.69, 9.17) is 15.1 Å².